The number of halogens is 1. The normalized spacial score (nSPS) is 15.8. The maximum atomic E-state index is 13.8. The van der Waals surface area contributed by atoms with Crippen molar-refractivity contribution in [1.82, 2.24) is 19.4 Å². The summed E-state index contributed by atoms with van der Waals surface area (Å²) in [5.74, 6) is 0.513. The van der Waals surface area contributed by atoms with Crippen LogP contribution >= 0.6 is 0 Å². The van der Waals surface area contributed by atoms with Crippen LogP contribution < -0.4 is 0 Å². The van der Waals surface area contributed by atoms with Gasteiger partial charge in [0.15, 0.2) is 0 Å². The number of imidazole rings is 1. The van der Waals surface area contributed by atoms with Gasteiger partial charge in [-0.3, -0.25) is 4.79 Å². The number of nitrogens with zero attached hydrogens (tertiary/aromatic N) is 4. The predicted octanol–water partition coefficient (Wildman–Crippen LogP) is 5.07. The van der Waals surface area contributed by atoms with E-state index in [4.69, 9.17) is 4.98 Å². The van der Waals surface area contributed by atoms with Crippen molar-refractivity contribution in [3.63, 3.8) is 0 Å². The fraction of sp³-hybridized carbons (Fsp3) is 0.241. The Morgan fingerprint density at radius 3 is 2.60 bits per heavy atom. The second kappa shape index (κ2) is 10.1. The van der Waals surface area contributed by atoms with Gasteiger partial charge in [-0.25, -0.2) is 9.37 Å². The molecule has 5 rings (SSSR count). The summed E-state index contributed by atoms with van der Waals surface area (Å²) in [6, 6.07) is 14.9. The molecule has 1 aromatic heterocycles. The Bertz CT molecular complexity index is 1300. The largest absolute Gasteiger partial charge is 0.368 e. The molecule has 35 heavy (non-hydrogen) atoms. The van der Waals surface area contributed by atoms with Crippen molar-refractivity contribution in [1.29, 1.82) is 0 Å². The minimum Gasteiger partial charge on any atom is -0.368 e. The first kappa shape index (κ1) is 22.8. The third-order valence-corrected chi connectivity index (χ3v) is 6.55. The van der Waals surface area contributed by atoms with E-state index in [0.717, 1.165) is 36.5 Å². The molecule has 178 valence electrons. The number of rotatable bonds is 5. The molecule has 5 nitrogen and oxygen atoms in total. The van der Waals surface area contributed by atoms with Gasteiger partial charge in [-0.2, -0.15) is 0 Å². The molecule has 1 saturated heterocycles. The number of aromatic nitrogens is 2. The van der Waals surface area contributed by atoms with Gasteiger partial charge in [-0.1, -0.05) is 42.5 Å². The first-order chi connectivity index (χ1) is 17.1. The molecule has 0 saturated carbocycles. The quantitative estimate of drug-likeness (QED) is 0.525. The summed E-state index contributed by atoms with van der Waals surface area (Å²) in [5, 5.41) is 0. The molecule has 0 unspecified atom stereocenters. The molecule has 3 aromatic rings. The van der Waals surface area contributed by atoms with Gasteiger partial charge in [0.1, 0.15) is 11.6 Å². The molecule has 1 amide bonds. The SMILES string of the molecule is Cc1cc(-c2cn(-c3ccccc3)c(CC(=O)N3CCN(C4=CCC=CC=C4)CC3)n2)ccc1F. The number of benzene rings is 2. The van der Waals surface area contributed by atoms with Gasteiger partial charge in [0.05, 0.1) is 12.1 Å². The van der Waals surface area contributed by atoms with Crippen LogP contribution in [0.1, 0.15) is 17.8 Å². The summed E-state index contributed by atoms with van der Waals surface area (Å²) < 4.78 is 15.8. The summed E-state index contributed by atoms with van der Waals surface area (Å²) in [6.07, 6.45) is 13.7. The zero-order chi connectivity index (χ0) is 24.2. The lowest BCUT2D eigenvalue weighted by Crippen LogP contribution is -2.48. The van der Waals surface area contributed by atoms with Crippen LogP contribution in [-0.2, 0) is 11.2 Å². The number of hydrogen-bond acceptors (Lipinski definition) is 3. The fourth-order valence-corrected chi connectivity index (χ4v) is 4.56. The third kappa shape index (κ3) is 5.11. The Morgan fingerprint density at radius 1 is 1.03 bits per heavy atom. The number of aryl methyl sites for hydroxylation is 1. The zero-order valence-corrected chi connectivity index (χ0v) is 19.9. The highest BCUT2D eigenvalue weighted by Crippen LogP contribution is 2.24. The van der Waals surface area contributed by atoms with Gasteiger partial charge in [0, 0.05) is 49.3 Å². The first-order valence-electron chi connectivity index (χ1n) is 12.0. The number of para-hydroxylation sites is 1. The molecule has 2 aliphatic rings. The highest BCUT2D eigenvalue weighted by molar-refractivity contribution is 5.78. The van der Waals surface area contributed by atoms with E-state index in [1.54, 1.807) is 19.1 Å². The average Bonchev–Trinajstić information content (AvgIpc) is 3.11. The zero-order valence-electron chi connectivity index (χ0n) is 19.9. The second-order valence-corrected chi connectivity index (χ2v) is 8.91. The van der Waals surface area contributed by atoms with Gasteiger partial charge in [0.25, 0.3) is 0 Å². The molecule has 1 aliphatic carbocycles. The number of amides is 1. The highest BCUT2D eigenvalue weighted by atomic mass is 19.1. The first-order valence-corrected chi connectivity index (χ1v) is 12.0. The molecule has 2 heterocycles. The van der Waals surface area contributed by atoms with Crippen LogP contribution in [0.5, 0.6) is 0 Å². The molecule has 0 N–H and O–H groups in total. The maximum Gasteiger partial charge on any atom is 0.230 e. The summed E-state index contributed by atoms with van der Waals surface area (Å²) in [7, 11) is 0. The molecule has 0 radical (unpaired) electrons. The molecular weight excluding hydrogens is 439 g/mol. The van der Waals surface area contributed by atoms with Crippen molar-refractivity contribution in [3.8, 4) is 16.9 Å². The molecule has 0 spiro atoms. The summed E-state index contributed by atoms with van der Waals surface area (Å²) in [5.41, 5.74) is 4.30. The fourth-order valence-electron chi connectivity index (χ4n) is 4.56. The van der Waals surface area contributed by atoms with E-state index in [0.29, 0.717) is 24.5 Å². The van der Waals surface area contributed by atoms with Gasteiger partial charge in [-0.05, 0) is 55.3 Å². The van der Waals surface area contributed by atoms with Crippen LogP contribution in [0.25, 0.3) is 16.9 Å². The van der Waals surface area contributed by atoms with Crippen molar-refractivity contribution >= 4 is 5.91 Å². The van der Waals surface area contributed by atoms with Gasteiger partial charge in [0.2, 0.25) is 5.91 Å². The lowest BCUT2D eigenvalue weighted by molar-refractivity contribution is -0.132. The van der Waals surface area contributed by atoms with E-state index in [1.165, 1.54) is 11.8 Å². The van der Waals surface area contributed by atoms with E-state index >= 15 is 0 Å². The smallest absolute Gasteiger partial charge is 0.230 e. The Hall–Kier alpha value is -3.93. The number of carbonyl (C=O) groups is 1. The maximum absolute atomic E-state index is 13.8. The number of allylic oxidation sites excluding steroid dienone is 5. The van der Waals surface area contributed by atoms with Gasteiger partial charge < -0.3 is 14.4 Å². The van der Waals surface area contributed by atoms with Gasteiger partial charge in [-0.15, -0.1) is 0 Å². The molecule has 0 atom stereocenters. The third-order valence-electron chi connectivity index (χ3n) is 6.55. The van der Waals surface area contributed by atoms with E-state index in [9.17, 15) is 9.18 Å². The van der Waals surface area contributed by atoms with E-state index in [1.807, 2.05) is 46.0 Å². The van der Waals surface area contributed by atoms with Crippen molar-refractivity contribution in [2.24, 2.45) is 0 Å². The minimum absolute atomic E-state index is 0.0707. The minimum atomic E-state index is -0.239. The number of carbonyl (C=O) groups excluding carboxylic acids is 1. The predicted molar refractivity (Wildman–Crippen MR) is 137 cm³/mol. The van der Waals surface area contributed by atoms with Crippen LogP contribution in [0.2, 0.25) is 0 Å². The van der Waals surface area contributed by atoms with E-state index in [2.05, 4.69) is 35.3 Å². The van der Waals surface area contributed by atoms with Crippen molar-refractivity contribution in [2.75, 3.05) is 26.2 Å². The number of piperazine rings is 1. The summed E-state index contributed by atoms with van der Waals surface area (Å²) in [4.78, 5) is 22.4. The van der Waals surface area contributed by atoms with Crippen LogP contribution in [0.3, 0.4) is 0 Å². The van der Waals surface area contributed by atoms with Crippen LogP contribution in [-0.4, -0.2) is 51.4 Å². The van der Waals surface area contributed by atoms with E-state index < -0.39 is 0 Å². The van der Waals surface area contributed by atoms with Crippen LogP contribution in [0.15, 0.2) is 90.8 Å². The molecular formula is C29H29FN4O. The Kier molecular flexibility index (Phi) is 6.62. The Morgan fingerprint density at radius 2 is 1.83 bits per heavy atom. The van der Waals surface area contributed by atoms with Crippen LogP contribution in [0, 0.1) is 12.7 Å². The highest BCUT2D eigenvalue weighted by Gasteiger charge is 2.24. The summed E-state index contributed by atoms with van der Waals surface area (Å²) in [6.45, 7) is 4.75. The summed E-state index contributed by atoms with van der Waals surface area (Å²) >= 11 is 0. The monoisotopic (exact) mass is 468 g/mol. The van der Waals surface area contributed by atoms with E-state index in [-0.39, 0.29) is 18.1 Å². The lowest BCUT2D eigenvalue weighted by atomic mass is 10.1. The average molecular weight is 469 g/mol. The molecule has 0 bridgehead atoms. The molecule has 1 fully saturated rings. The molecule has 1 aliphatic heterocycles. The van der Waals surface area contributed by atoms with Crippen molar-refractivity contribution < 1.29 is 9.18 Å². The standard InChI is InChI=1S/C29H29FN4O/c1-22-19-23(13-14-26(22)30)27-21-34(25-11-7-4-8-12-25)28(31-27)20-29(35)33-17-15-32(16-18-33)24-9-5-2-3-6-10-24/h2-5,7-14,19,21H,6,15-18,20H2,1H3. The Labute approximate surface area is 205 Å². The van der Waals surface area contributed by atoms with Crippen LogP contribution in [0.4, 0.5) is 4.39 Å². The lowest BCUT2D eigenvalue weighted by Gasteiger charge is -2.36. The second-order valence-electron chi connectivity index (χ2n) is 8.91. The Balaban J connectivity index is 1.34. The molecule has 6 heteroatoms. The van der Waals surface area contributed by atoms with Gasteiger partial charge >= 0.3 is 0 Å². The van der Waals surface area contributed by atoms with Crippen molar-refractivity contribution in [3.05, 3.63) is 108 Å². The van der Waals surface area contributed by atoms with Crippen molar-refractivity contribution in [2.45, 2.75) is 19.8 Å². The topological polar surface area (TPSA) is 41.4 Å². The molecule has 2 aromatic carbocycles. The number of hydrogen-bond donors (Lipinski definition) is 0.